The Morgan fingerprint density at radius 3 is 2.62 bits per heavy atom. The number of phenols is 1. The predicted octanol–water partition coefficient (Wildman–Crippen LogP) is 3.85. The van der Waals surface area contributed by atoms with Crippen molar-refractivity contribution in [2.24, 2.45) is 5.10 Å². The first-order valence-corrected chi connectivity index (χ1v) is 6.82. The summed E-state index contributed by atoms with van der Waals surface area (Å²) in [6, 6.07) is 11.0. The van der Waals surface area contributed by atoms with Crippen molar-refractivity contribution < 1.29 is 9.90 Å². The number of rotatable bonds is 3. The summed E-state index contributed by atoms with van der Waals surface area (Å²) in [5.41, 5.74) is 3.95. The van der Waals surface area contributed by atoms with Gasteiger partial charge in [-0.05, 0) is 37.3 Å². The summed E-state index contributed by atoms with van der Waals surface area (Å²) in [6.45, 7) is 1.72. The van der Waals surface area contributed by atoms with Crippen LogP contribution in [-0.2, 0) is 0 Å². The Morgan fingerprint density at radius 2 is 1.95 bits per heavy atom. The third-order valence-corrected chi connectivity index (χ3v) is 3.30. The van der Waals surface area contributed by atoms with E-state index in [0.717, 1.165) is 0 Å². The number of halogens is 2. The lowest BCUT2D eigenvalue weighted by Crippen LogP contribution is -2.19. The van der Waals surface area contributed by atoms with E-state index in [0.29, 0.717) is 26.9 Å². The molecule has 21 heavy (non-hydrogen) atoms. The van der Waals surface area contributed by atoms with Crippen molar-refractivity contribution in [3.63, 3.8) is 0 Å². The molecule has 0 radical (unpaired) electrons. The number of hydrazone groups is 1. The van der Waals surface area contributed by atoms with Crippen LogP contribution >= 0.6 is 23.2 Å². The Morgan fingerprint density at radius 1 is 1.19 bits per heavy atom. The van der Waals surface area contributed by atoms with Crippen LogP contribution in [0, 0.1) is 0 Å². The molecule has 6 heteroatoms. The number of hydrogen-bond acceptors (Lipinski definition) is 3. The minimum Gasteiger partial charge on any atom is -0.508 e. The highest BCUT2D eigenvalue weighted by molar-refractivity contribution is 6.37. The lowest BCUT2D eigenvalue weighted by atomic mass is 10.1. The van der Waals surface area contributed by atoms with Gasteiger partial charge in [-0.25, -0.2) is 5.43 Å². The minimum absolute atomic E-state index is 0.0177. The maximum atomic E-state index is 11.9. The Hall–Kier alpha value is -2.04. The first-order chi connectivity index (χ1) is 9.97. The molecule has 0 saturated carbocycles. The fourth-order valence-corrected chi connectivity index (χ4v) is 2.23. The van der Waals surface area contributed by atoms with Gasteiger partial charge in [-0.2, -0.15) is 5.10 Å². The molecule has 0 spiro atoms. The molecule has 2 aromatic rings. The van der Waals surface area contributed by atoms with Crippen LogP contribution in [0.4, 0.5) is 0 Å². The smallest absolute Gasteiger partial charge is 0.271 e. The van der Waals surface area contributed by atoms with Crippen molar-refractivity contribution in [1.29, 1.82) is 0 Å². The predicted molar refractivity (Wildman–Crippen MR) is 84.2 cm³/mol. The SMILES string of the molecule is C/C(=N/NC(=O)c1cccc(O)c1)c1ccc(Cl)cc1Cl. The van der Waals surface area contributed by atoms with E-state index in [1.807, 2.05) is 0 Å². The van der Waals surface area contributed by atoms with Gasteiger partial charge >= 0.3 is 0 Å². The second-order valence-electron chi connectivity index (χ2n) is 4.31. The number of nitrogens with zero attached hydrogens (tertiary/aromatic N) is 1. The molecule has 0 aromatic heterocycles. The fourth-order valence-electron chi connectivity index (χ4n) is 1.69. The monoisotopic (exact) mass is 322 g/mol. The van der Waals surface area contributed by atoms with Crippen molar-refractivity contribution in [2.75, 3.05) is 0 Å². The Labute approximate surface area is 132 Å². The molecule has 0 saturated heterocycles. The Kier molecular flexibility index (Phi) is 4.83. The van der Waals surface area contributed by atoms with Crippen molar-refractivity contribution in [2.45, 2.75) is 6.92 Å². The zero-order valence-corrected chi connectivity index (χ0v) is 12.6. The van der Waals surface area contributed by atoms with Crippen LogP contribution < -0.4 is 5.43 Å². The number of phenolic OH excluding ortho intramolecular Hbond substituents is 1. The van der Waals surface area contributed by atoms with E-state index in [1.54, 1.807) is 37.3 Å². The average Bonchev–Trinajstić information content (AvgIpc) is 2.44. The third kappa shape index (κ3) is 3.97. The quantitative estimate of drug-likeness (QED) is 0.666. The van der Waals surface area contributed by atoms with Gasteiger partial charge in [0.2, 0.25) is 0 Å². The van der Waals surface area contributed by atoms with Crippen LogP contribution in [0.15, 0.2) is 47.6 Å². The first kappa shape index (κ1) is 15.4. The van der Waals surface area contributed by atoms with E-state index >= 15 is 0 Å². The summed E-state index contributed by atoms with van der Waals surface area (Å²) in [5.74, 6) is -0.403. The molecule has 0 heterocycles. The van der Waals surface area contributed by atoms with E-state index < -0.39 is 5.91 Å². The van der Waals surface area contributed by atoms with Crippen LogP contribution in [-0.4, -0.2) is 16.7 Å². The van der Waals surface area contributed by atoms with Gasteiger partial charge in [-0.3, -0.25) is 4.79 Å². The molecule has 2 aromatic carbocycles. The van der Waals surface area contributed by atoms with Gasteiger partial charge in [0.25, 0.3) is 5.91 Å². The molecule has 0 unspecified atom stereocenters. The van der Waals surface area contributed by atoms with Crippen molar-refractivity contribution in [1.82, 2.24) is 5.43 Å². The summed E-state index contributed by atoms with van der Waals surface area (Å²) >= 11 is 11.9. The largest absolute Gasteiger partial charge is 0.508 e. The highest BCUT2D eigenvalue weighted by Gasteiger charge is 2.07. The highest BCUT2D eigenvalue weighted by atomic mass is 35.5. The number of aromatic hydroxyl groups is 1. The van der Waals surface area contributed by atoms with Crippen LogP contribution in [0.5, 0.6) is 5.75 Å². The van der Waals surface area contributed by atoms with Gasteiger partial charge in [0.1, 0.15) is 5.75 Å². The van der Waals surface area contributed by atoms with Gasteiger partial charge < -0.3 is 5.11 Å². The lowest BCUT2D eigenvalue weighted by molar-refractivity contribution is 0.0954. The van der Waals surface area contributed by atoms with E-state index in [-0.39, 0.29) is 5.75 Å². The molecule has 108 valence electrons. The number of amides is 1. The normalized spacial score (nSPS) is 11.3. The van der Waals surface area contributed by atoms with Crippen LogP contribution in [0.25, 0.3) is 0 Å². The van der Waals surface area contributed by atoms with Crippen LogP contribution in [0.1, 0.15) is 22.8 Å². The van der Waals surface area contributed by atoms with Gasteiger partial charge in [-0.15, -0.1) is 0 Å². The molecule has 0 aliphatic carbocycles. The standard InChI is InChI=1S/C15H12Cl2N2O2/c1-9(13-6-5-11(16)8-14(13)17)18-19-15(21)10-3-2-4-12(20)7-10/h2-8,20H,1H3,(H,19,21)/b18-9-. The third-order valence-electron chi connectivity index (χ3n) is 2.75. The molecule has 4 nitrogen and oxygen atoms in total. The Bertz CT molecular complexity index is 715. The first-order valence-electron chi connectivity index (χ1n) is 6.06. The van der Waals surface area contributed by atoms with Crippen molar-refractivity contribution in [3.8, 4) is 5.75 Å². The zero-order valence-electron chi connectivity index (χ0n) is 11.1. The second kappa shape index (κ2) is 6.61. The number of carbonyl (C=O) groups excluding carboxylic acids is 1. The van der Waals surface area contributed by atoms with Crippen molar-refractivity contribution in [3.05, 3.63) is 63.6 Å². The molecule has 2 N–H and O–H groups in total. The summed E-state index contributed by atoms with van der Waals surface area (Å²) in [4.78, 5) is 11.9. The molecule has 0 aliphatic rings. The van der Waals surface area contributed by atoms with Gasteiger partial charge in [0.05, 0.1) is 10.7 Å². The summed E-state index contributed by atoms with van der Waals surface area (Å²) < 4.78 is 0. The number of benzene rings is 2. The number of carbonyl (C=O) groups is 1. The molecule has 2 rings (SSSR count). The maximum absolute atomic E-state index is 11.9. The summed E-state index contributed by atoms with van der Waals surface area (Å²) in [7, 11) is 0. The fraction of sp³-hybridized carbons (Fsp3) is 0.0667. The molecular formula is C15H12Cl2N2O2. The summed E-state index contributed by atoms with van der Waals surface area (Å²) in [6.07, 6.45) is 0. The van der Waals surface area contributed by atoms with E-state index in [1.165, 1.54) is 12.1 Å². The van der Waals surface area contributed by atoms with E-state index in [4.69, 9.17) is 23.2 Å². The number of hydrogen-bond donors (Lipinski definition) is 2. The molecular weight excluding hydrogens is 311 g/mol. The Balaban J connectivity index is 2.15. The average molecular weight is 323 g/mol. The minimum atomic E-state index is -0.421. The van der Waals surface area contributed by atoms with Gasteiger partial charge in [0, 0.05) is 16.1 Å². The number of nitrogens with one attached hydrogen (secondary N) is 1. The topological polar surface area (TPSA) is 61.7 Å². The summed E-state index contributed by atoms with van der Waals surface area (Å²) in [5, 5.41) is 14.3. The molecule has 1 amide bonds. The maximum Gasteiger partial charge on any atom is 0.271 e. The van der Waals surface area contributed by atoms with Crippen LogP contribution in [0.3, 0.4) is 0 Å². The molecule has 0 aliphatic heterocycles. The molecule has 0 atom stereocenters. The zero-order chi connectivity index (χ0) is 15.4. The lowest BCUT2D eigenvalue weighted by Gasteiger charge is -2.05. The van der Waals surface area contributed by atoms with Crippen LogP contribution in [0.2, 0.25) is 10.0 Å². The molecule has 0 bridgehead atoms. The van der Waals surface area contributed by atoms with E-state index in [9.17, 15) is 9.90 Å². The van der Waals surface area contributed by atoms with Gasteiger partial charge in [0.15, 0.2) is 0 Å². The second-order valence-corrected chi connectivity index (χ2v) is 5.16. The van der Waals surface area contributed by atoms with Crippen molar-refractivity contribution >= 4 is 34.8 Å². The highest BCUT2D eigenvalue weighted by Crippen LogP contribution is 2.21. The van der Waals surface area contributed by atoms with Gasteiger partial charge in [-0.1, -0.05) is 35.3 Å². The molecule has 0 fully saturated rings. The van der Waals surface area contributed by atoms with E-state index in [2.05, 4.69) is 10.5 Å².